The Labute approximate surface area is 132 Å². The standard InChI is InChI=1S/C16H28N2S2/c1-5-13(17)14(15-12(2)6-10-19-15)18-8-7-16(3,4)20-11-9-18/h6,10,13-14H,5,7-9,11,17H2,1-4H3. The zero-order valence-corrected chi connectivity index (χ0v) is 14.8. The number of hydrogen-bond donors (Lipinski definition) is 1. The fourth-order valence-corrected chi connectivity index (χ4v) is 5.11. The van der Waals surface area contributed by atoms with Crippen LogP contribution >= 0.6 is 23.1 Å². The first-order valence-electron chi connectivity index (χ1n) is 7.62. The van der Waals surface area contributed by atoms with Crippen molar-refractivity contribution in [3.63, 3.8) is 0 Å². The van der Waals surface area contributed by atoms with Crippen molar-refractivity contribution in [2.75, 3.05) is 18.8 Å². The molecule has 1 aromatic rings. The molecule has 1 aliphatic heterocycles. The number of hydrogen-bond acceptors (Lipinski definition) is 4. The van der Waals surface area contributed by atoms with E-state index in [1.54, 1.807) is 0 Å². The Balaban J connectivity index is 2.21. The molecule has 2 heterocycles. The highest BCUT2D eigenvalue weighted by molar-refractivity contribution is 8.00. The lowest BCUT2D eigenvalue weighted by Crippen LogP contribution is -2.42. The molecular formula is C16H28N2S2. The van der Waals surface area contributed by atoms with Crippen LogP contribution in [0.1, 0.15) is 50.1 Å². The minimum atomic E-state index is 0.235. The molecule has 1 saturated heterocycles. The number of nitrogens with two attached hydrogens (primary N) is 1. The molecule has 0 aromatic carbocycles. The Morgan fingerprint density at radius 3 is 2.75 bits per heavy atom. The van der Waals surface area contributed by atoms with Crippen molar-refractivity contribution in [2.45, 2.75) is 57.4 Å². The van der Waals surface area contributed by atoms with E-state index in [1.165, 1.54) is 22.6 Å². The van der Waals surface area contributed by atoms with Crippen LogP contribution in [0.3, 0.4) is 0 Å². The third-order valence-corrected chi connectivity index (χ3v) is 6.77. The van der Waals surface area contributed by atoms with Gasteiger partial charge in [0.2, 0.25) is 0 Å². The molecule has 0 bridgehead atoms. The molecule has 0 amide bonds. The number of thioether (sulfide) groups is 1. The van der Waals surface area contributed by atoms with Crippen molar-refractivity contribution in [1.82, 2.24) is 4.90 Å². The Kier molecular flexibility index (Phi) is 5.57. The quantitative estimate of drug-likeness (QED) is 0.909. The van der Waals surface area contributed by atoms with Gasteiger partial charge in [0.1, 0.15) is 0 Å². The van der Waals surface area contributed by atoms with Crippen molar-refractivity contribution < 1.29 is 0 Å². The fourth-order valence-electron chi connectivity index (χ4n) is 2.86. The van der Waals surface area contributed by atoms with E-state index in [9.17, 15) is 0 Å². The smallest absolute Gasteiger partial charge is 0.0596 e. The minimum Gasteiger partial charge on any atom is -0.326 e. The van der Waals surface area contributed by atoms with E-state index in [0.29, 0.717) is 10.8 Å². The molecule has 1 fully saturated rings. The first-order valence-corrected chi connectivity index (χ1v) is 9.48. The Bertz CT molecular complexity index is 428. The molecule has 0 spiro atoms. The van der Waals surface area contributed by atoms with E-state index in [1.807, 2.05) is 11.3 Å². The lowest BCUT2D eigenvalue weighted by molar-refractivity contribution is 0.179. The fraction of sp³-hybridized carbons (Fsp3) is 0.750. The van der Waals surface area contributed by atoms with Gasteiger partial charge in [-0.05, 0) is 36.8 Å². The van der Waals surface area contributed by atoms with Crippen molar-refractivity contribution in [3.05, 3.63) is 21.9 Å². The topological polar surface area (TPSA) is 29.3 Å². The molecule has 20 heavy (non-hydrogen) atoms. The van der Waals surface area contributed by atoms with Gasteiger partial charge in [0.05, 0.1) is 6.04 Å². The van der Waals surface area contributed by atoms with Crippen LogP contribution in [-0.2, 0) is 0 Å². The highest BCUT2D eigenvalue weighted by atomic mass is 32.2. The molecule has 114 valence electrons. The summed E-state index contributed by atoms with van der Waals surface area (Å²) in [5.74, 6) is 1.21. The summed E-state index contributed by atoms with van der Waals surface area (Å²) in [4.78, 5) is 4.11. The summed E-state index contributed by atoms with van der Waals surface area (Å²) in [6, 6.07) is 2.86. The normalized spacial score (nSPS) is 23.2. The maximum absolute atomic E-state index is 6.48. The third kappa shape index (κ3) is 3.79. The van der Waals surface area contributed by atoms with Crippen LogP contribution in [0.2, 0.25) is 0 Å². The van der Waals surface area contributed by atoms with E-state index in [2.05, 4.69) is 55.8 Å². The molecule has 4 heteroatoms. The van der Waals surface area contributed by atoms with Gasteiger partial charge in [0.25, 0.3) is 0 Å². The van der Waals surface area contributed by atoms with Crippen LogP contribution in [0.15, 0.2) is 11.4 Å². The Morgan fingerprint density at radius 2 is 2.15 bits per heavy atom. The average Bonchev–Trinajstić information content (AvgIpc) is 2.72. The molecule has 0 radical (unpaired) electrons. The molecule has 1 aliphatic rings. The van der Waals surface area contributed by atoms with Crippen LogP contribution in [0, 0.1) is 6.92 Å². The van der Waals surface area contributed by atoms with Gasteiger partial charge in [-0.15, -0.1) is 11.3 Å². The van der Waals surface area contributed by atoms with Crippen molar-refractivity contribution in [2.24, 2.45) is 5.73 Å². The molecule has 0 aliphatic carbocycles. The van der Waals surface area contributed by atoms with E-state index in [-0.39, 0.29) is 6.04 Å². The first kappa shape index (κ1) is 16.3. The summed E-state index contributed by atoms with van der Waals surface area (Å²) < 4.78 is 0.403. The average molecular weight is 313 g/mol. The van der Waals surface area contributed by atoms with E-state index >= 15 is 0 Å². The number of thiophene rings is 1. The van der Waals surface area contributed by atoms with Crippen molar-refractivity contribution in [3.8, 4) is 0 Å². The lowest BCUT2D eigenvalue weighted by Gasteiger charge is -2.34. The van der Waals surface area contributed by atoms with Gasteiger partial charge in [0, 0.05) is 34.5 Å². The zero-order chi connectivity index (χ0) is 14.8. The zero-order valence-electron chi connectivity index (χ0n) is 13.2. The molecule has 1 aromatic heterocycles. The summed E-state index contributed by atoms with van der Waals surface area (Å²) in [7, 11) is 0. The molecule has 2 atom stereocenters. The lowest BCUT2D eigenvalue weighted by atomic mass is 9.99. The van der Waals surface area contributed by atoms with Crippen molar-refractivity contribution >= 4 is 23.1 Å². The Hall–Kier alpha value is -0.0300. The van der Waals surface area contributed by atoms with Gasteiger partial charge in [-0.3, -0.25) is 4.90 Å². The Morgan fingerprint density at radius 1 is 1.40 bits per heavy atom. The van der Waals surface area contributed by atoms with Gasteiger partial charge >= 0.3 is 0 Å². The van der Waals surface area contributed by atoms with E-state index in [0.717, 1.165) is 19.5 Å². The van der Waals surface area contributed by atoms with Crippen LogP contribution in [0.5, 0.6) is 0 Å². The van der Waals surface area contributed by atoms with Gasteiger partial charge in [-0.2, -0.15) is 11.8 Å². The molecular weight excluding hydrogens is 284 g/mol. The summed E-state index contributed by atoms with van der Waals surface area (Å²) in [6.07, 6.45) is 2.28. The largest absolute Gasteiger partial charge is 0.326 e. The van der Waals surface area contributed by atoms with E-state index < -0.39 is 0 Å². The predicted molar refractivity (Wildman–Crippen MR) is 92.8 cm³/mol. The predicted octanol–water partition coefficient (Wildman–Crippen LogP) is 4.05. The van der Waals surface area contributed by atoms with Gasteiger partial charge in [0.15, 0.2) is 0 Å². The van der Waals surface area contributed by atoms with Crippen LogP contribution in [0.4, 0.5) is 0 Å². The van der Waals surface area contributed by atoms with Crippen molar-refractivity contribution in [1.29, 1.82) is 0 Å². The molecule has 2 nitrogen and oxygen atoms in total. The second kappa shape index (κ2) is 6.82. The van der Waals surface area contributed by atoms with Gasteiger partial charge in [-0.25, -0.2) is 0 Å². The summed E-state index contributed by atoms with van der Waals surface area (Å²) >= 11 is 3.98. The van der Waals surface area contributed by atoms with Gasteiger partial charge < -0.3 is 5.73 Å². The molecule has 2 unspecified atom stereocenters. The second-order valence-electron chi connectivity index (χ2n) is 6.38. The van der Waals surface area contributed by atoms with Crippen LogP contribution in [-0.4, -0.2) is 34.5 Å². The highest BCUT2D eigenvalue weighted by Gasteiger charge is 2.32. The highest BCUT2D eigenvalue weighted by Crippen LogP contribution is 2.37. The maximum atomic E-state index is 6.48. The maximum Gasteiger partial charge on any atom is 0.0596 e. The van der Waals surface area contributed by atoms with Crippen LogP contribution in [0.25, 0.3) is 0 Å². The number of aryl methyl sites for hydroxylation is 1. The number of rotatable bonds is 4. The monoisotopic (exact) mass is 312 g/mol. The summed E-state index contributed by atoms with van der Waals surface area (Å²) in [5, 5.41) is 2.20. The number of nitrogens with zero attached hydrogens (tertiary/aromatic N) is 1. The summed E-state index contributed by atoms with van der Waals surface area (Å²) in [5.41, 5.74) is 7.89. The first-order chi connectivity index (χ1) is 9.44. The van der Waals surface area contributed by atoms with Gasteiger partial charge in [-0.1, -0.05) is 20.8 Å². The summed E-state index contributed by atoms with van der Waals surface area (Å²) in [6.45, 7) is 11.5. The second-order valence-corrected chi connectivity index (χ2v) is 9.13. The third-order valence-electron chi connectivity index (χ3n) is 4.31. The van der Waals surface area contributed by atoms with Crippen LogP contribution < -0.4 is 5.73 Å². The van der Waals surface area contributed by atoms with E-state index in [4.69, 9.17) is 5.73 Å². The molecule has 2 rings (SSSR count). The minimum absolute atomic E-state index is 0.235. The molecule has 2 N–H and O–H groups in total. The SMILES string of the molecule is CCC(N)C(c1sccc1C)N1CCSC(C)(C)CC1. The molecule has 0 saturated carbocycles.